The average Bonchev–Trinajstić information content (AvgIpc) is 2.58. The first-order valence-electron chi connectivity index (χ1n) is 9.18. The lowest BCUT2D eigenvalue weighted by Gasteiger charge is -2.35. The molecule has 1 aliphatic rings. The van der Waals surface area contributed by atoms with E-state index in [0.29, 0.717) is 18.4 Å². The predicted octanol–water partition coefficient (Wildman–Crippen LogP) is 2.79. The van der Waals surface area contributed by atoms with E-state index in [2.05, 4.69) is 55.3 Å². The van der Waals surface area contributed by atoms with E-state index in [1.165, 1.54) is 11.1 Å². The first kappa shape index (κ1) is 18.9. The highest BCUT2D eigenvalue weighted by atomic mass is 16.5. The summed E-state index contributed by atoms with van der Waals surface area (Å²) in [7, 11) is 0. The highest BCUT2D eigenvalue weighted by Gasteiger charge is 2.22. The summed E-state index contributed by atoms with van der Waals surface area (Å²) in [5, 5.41) is 3.15. The van der Waals surface area contributed by atoms with Crippen LogP contribution in [-0.4, -0.2) is 49.7 Å². The van der Waals surface area contributed by atoms with Gasteiger partial charge in [0.1, 0.15) is 0 Å². The third kappa shape index (κ3) is 6.62. The Balaban J connectivity index is 1.77. The Hall–Kier alpha value is -1.39. The van der Waals surface area contributed by atoms with Crippen LogP contribution >= 0.6 is 0 Å². The number of ether oxygens (including phenoxy) is 1. The number of carbonyl (C=O) groups excluding carboxylic acids is 1. The number of aryl methyl sites for hydroxylation is 2. The molecule has 0 radical (unpaired) electrons. The summed E-state index contributed by atoms with van der Waals surface area (Å²) >= 11 is 0. The first-order chi connectivity index (χ1) is 11.5. The van der Waals surface area contributed by atoms with Gasteiger partial charge in [-0.25, -0.2) is 0 Å². The second-order valence-electron chi connectivity index (χ2n) is 7.22. The number of hydrogen-bond acceptors (Lipinski definition) is 3. The smallest absolute Gasteiger partial charge is 0.220 e. The third-order valence-electron chi connectivity index (χ3n) is 4.60. The Morgan fingerprint density at radius 1 is 1.21 bits per heavy atom. The molecule has 0 aromatic heterocycles. The van der Waals surface area contributed by atoms with Crippen LogP contribution in [0.2, 0.25) is 0 Å². The maximum Gasteiger partial charge on any atom is 0.220 e. The van der Waals surface area contributed by atoms with Crippen LogP contribution in [-0.2, 0) is 16.0 Å². The van der Waals surface area contributed by atoms with Gasteiger partial charge in [-0.1, -0.05) is 43.7 Å². The molecule has 1 N–H and O–H groups in total. The molecule has 2 rings (SSSR count). The van der Waals surface area contributed by atoms with Crippen LogP contribution in [0.5, 0.6) is 0 Å². The molecule has 1 saturated heterocycles. The normalized spacial score (nSPS) is 17.0. The number of carbonyl (C=O) groups is 1. The lowest BCUT2D eigenvalue weighted by Crippen LogP contribution is -2.49. The van der Waals surface area contributed by atoms with Gasteiger partial charge in [0, 0.05) is 32.1 Å². The van der Waals surface area contributed by atoms with Gasteiger partial charge in [-0.3, -0.25) is 9.69 Å². The van der Waals surface area contributed by atoms with Gasteiger partial charge in [0.25, 0.3) is 0 Å². The Bertz CT molecular complexity index is 493. The third-order valence-corrected chi connectivity index (χ3v) is 4.60. The average molecular weight is 332 g/mol. The SMILES string of the molecule is Cc1ccc(CCC(=O)NCC(CC(C)C)N2CCOCC2)cc1. The number of morpholine rings is 1. The standard InChI is InChI=1S/C20H32N2O2/c1-16(2)14-19(22-10-12-24-13-11-22)15-21-20(23)9-8-18-6-4-17(3)5-7-18/h4-7,16,19H,8-15H2,1-3H3,(H,21,23). The van der Waals surface area contributed by atoms with Crippen molar-refractivity contribution in [3.8, 4) is 0 Å². The van der Waals surface area contributed by atoms with E-state index in [0.717, 1.165) is 45.7 Å². The van der Waals surface area contributed by atoms with Crippen LogP contribution < -0.4 is 5.32 Å². The van der Waals surface area contributed by atoms with Crippen molar-refractivity contribution in [2.45, 2.75) is 46.1 Å². The van der Waals surface area contributed by atoms with E-state index in [4.69, 9.17) is 4.74 Å². The molecule has 1 aromatic carbocycles. The molecule has 1 heterocycles. The number of nitrogens with zero attached hydrogens (tertiary/aromatic N) is 1. The van der Waals surface area contributed by atoms with Crippen LogP contribution in [0.3, 0.4) is 0 Å². The molecule has 1 aromatic rings. The van der Waals surface area contributed by atoms with Crippen molar-refractivity contribution in [1.82, 2.24) is 10.2 Å². The van der Waals surface area contributed by atoms with Crippen molar-refractivity contribution in [2.24, 2.45) is 5.92 Å². The minimum absolute atomic E-state index is 0.151. The molecule has 1 unspecified atom stereocenters. The van der Waals surface area contributed by atoms with Crippen LogP contribution in [0.4, 0.5) is 0 Å². The van der Waals surface area contributed by atoms with Gasteiger partial charge in [-0.2, -0.15) is 0 Å². The maximum atomic E-state index is 12.2. The van der Waals surface area contributed by atoms with Crippen molar-refractivity contribution < 1.29 is 9.53 Å². The zero-order chi connectivity index (χ0) is 17.4. The number of hydrogen-bond donors (Lipinski definition) is 1. The van der Waals surface area contributed by atoms with Gasteiger partial charge in [-0.05, 0) is 31.2 Å². The van der Waals surface area contributed by atoms with Crippen molar-refractivity contribution in [2.75, 3.05) is 32.8 Å². The van der Waals surface area contributed by atoms with Gasteiger partial charge < -0.3 is 10.1 Å². The quantitative estimate of drug-likeness (QED) is 0.796. The molecular weight excluding hydrogens is 300 g/mol. The summed E-state index contributed by atoms with van der Waals surface area (Å²) in [6.45, 7) is 10.8. The highest BCUT2D eigenvalue weighted by Crippen LogP contribution is 2.13. The van der Waals surface area contributed by atoms with Crippen LogP contribution in [0.15, 0.2) is 24.3 Å². The lowest BCUT2D eigenvalue weighted by molar-refractivity contribution is -0.121. The second-order valence-corrected chi connectivity index (χ2v) is 7.22. The molecule has 4 heteroatoms. The minimum atomic E-state index is 0.151. The second kappa shape index (κ2) is 9.80. The molecule has 134 valence electrons. The molecule has 1 fully saturated rings. The van der Waals surface area contributed by atoms with E-state index in [1.807, 2.05) is 0 Å². The summed E-state index contributed by atoms with van der Waals surface area (Å²) < 4.78 is 5.45. The molecule has 1 amide bonds. The fourth-order valence-corrected chi connectivity index (χ4v) is 3.18. The molecule has 0 saturated carbocycles. The van der Waals surface area contributed by atoms with Crippen molar-refractivity contribution in [1.29, 1.82) is 0 Å². The molecule has 1 aliphatic heterocycles. The van der Waals surface area contributed by atoms with Crippen LogP contribution in [0.1, 0.15) is 37.8 Å². The van der Waals surface area contributed by atoms with Gasteiger partial charge in [0.05, 0.1) is 13.2 Å². The topological polar surface area (TPSA) is 41.6 Å². The fourth-order valence-electron chi connectivity index (χ4n) is 3.18. The summed E-state index contributed by atoms with van der Waals surface area (Å²) in [5.41, 5.74) is 2.48. The molecule has 24 heavy (non-hydrogen) atoms. The molecule has 1 atom stereocenters. The molecule has 0 spiro atoms. The Morgan fingerprint density at radius 2 is 1.88 bits per heavy atom. The Labute approximate surface area is 146 Å². The summed E-state index contributed by atoms with van der Waals surface area (Å²) in [6.07, 6.45) is 2.47. The summed E-state index contributed by atoms with van der Waals surface area (Å²) in [4.78, 5) is 14.7. The van der Waals surface area contributed by atoms with Crippen molar-refractivity contribution >= 4 is 5.91 Å². The van der Waals surface area contributed by atoms with Gasteiger partial charge in [0.2, 0.25) is 5.91 Å². The van der Waals surface area contributed by atoms with Crippen molar-refractivity contribution in [3.05, 3.63) is 35.4 Å². The van der Waals surface area contributed by atoms with E-state index < -0.39 is 0 Å². The summed E-state index contributed by atoms with van der Waals surface area (Å²) in [6, 6.07) is 8.84. The van der Waals surface area contributed by atoms with Crippen molar-refractivity contribution in [3.63, 3.8) is 0 Å². The number of amides is 1. The number of nitrogens with one attached hydrogen (secondary N) is 1. The largest absolute Gasteiger partial charge is 0.379 e. The zero-order valence-electron chi connectivity index (χ0n) is 15.4. The molecule has 0 aliphatic carbocycles. The Morgan fingerprint density at radius 3 is 2.50 bits per heavy atom. The van der Waals surface area contributed by atoms with E-state index in [1.54, 1.807) is 0 Å². The van der Waals surface area contributed by atoms with E-state index >= 15 is 0 Å². The van der Waals surface area contributed by atoms with Crippen LogP contribution in [0.25, 0.3) is 0 Å². The van der Waals surface area contributed by atoms with Gasteiger partial charge in [-0.15, -0.1) is 0 Å². The van der Waals surface area contributed by atoms with Crippen LogP contribution in [0, 0.1) is 12.8 Å². The Kier molecular flexibility index (Phi) is 7.73. The van der Waals surface area contributed by atoms with Gasteiger partial charge in [0.15, 0.2) is 0 Å². The molecular formula is C20H32N2O2. The maximum absolute atomic E-state index is 12.2. The summed E-state index contributed by atoms with van der Waals surface area (Å²) in [5.74, 6) is 0.778. The zero-order valence-corrected chi connectivity index (χ0v) is 15.4. The predicted molar refractivity (Wildman–Crippen MR) is 98.1 cm³/mol. The number of benzene rings is 1. The molecule has 0 bridgehead atoms. The lowest BCUT2D eigenvalue weighted by atomic mass is 10.0. The van der Waals surface area contributed by atoms with E-state index in [-0.39, 0.29) is 5.91 Å². The molecule has 4 nitrogen and oxygen atoms in total. The monoisotopic (exact) mass is 332 g/mol. The first-order valence-corrected chi connectivity index (χ1v) is 9.18. The van der Waals surface area contributed by atoms with E-state index in [9.17, 15) is 4.79 Å². The fraction of sp³-hybridized carbons (Fsp3) is 0.650. The minimum Gasteiger partial charge on any atom is -0.379 e. The highest BCUT2D eigenvalue weighted by molar-refractivity contribution is 5.76. The van der Waals surface area contributed by atoms with Gasteiger partial charge >= 0.3 is 0 Å². The number of rotatable bonds is 8.